The standard InChI is InChI=1S/C6H13NO2/c1-4-2-5(7)3-6(8)9-4/h4-6,8H,2-3,7H2,1H3/t4?,5?,6-/m1/s1. The van der Waals surface area contributed by atoms with Crippen LogP contribution in [0.4, 0.5) is 0 Å². The molecule has 54 valence electrons. The van der Waals surface area contributed by atoms with E-state index in [1.165, 1.54) is 0 Å². The van der Waals surface area contributed by atoms with Gasteiger partial charge in [0.2, 0.25) is 0 Å². The summed E-state index contributed by atoms with van der Waals surface area (Å²) in [6.07, 6.45) is 0.911. The van der Waals surface area contributed by atoms with Crippen LogP contribution >= 0.6 is 0 Å². The Morgan fingerprint density at radius 3 is 2.67 bits per heavy atom. The largest absolute Gasteiger partial charge is 0.368 e. The molecule has 1 heterocycles. The van der Waals surface area contributed by atoms with E-state index in [1.54, 1.807) is 0 Å². The molecule has 0 saturated carbocycles. The van der Waals surface area contributed by atoms with Crippen LogP contribution in [0.25, 0.3) is 0 Å². The number of aliphatic hydroxyl groups is 1. The summed E-state index contributed by atoms with van der Waals surface area (Å²) in [5, 5.41) is 8.95. The molecule has 3 atom stereocenters. The predicted octanol–water partition coefficient (Wildman–Crippen LogP) is -0.169. The third-order valence-electron chi connectivity index (χ3n) is 1.53. The van der Waals surface area contributed by atoms with Gasteiger partial charge in [0, 0.05) is 12.5 Å². The SMILES string of the molecule is CC1CC(N)C[C@H](O)O1. The van der Waals surface area contributed by atoms with Crippen molar-refractivity contribution < 1.29 is 9.84 Å². The van der Waals surface area contributed by atoms with Crippen LogP contribution < -0.4 is 5.73 Å². The summed E-state index contributed by atoms with van der Waals surface area (Å²) in [4.78, 5) is 0. The lowest BCUT2D eigenvalue weighted by Crippen LogP contribution is -2.38. The van der Waals surface area contributed by atoms with Gasteiger partial charge in [-0.15, -0.1) is 0 Å². The molecule has 9 heavy (non-hydrogen) atoms. The summed E-state index contributed by atoms with van der Waals surface area (Å²) in [5.41, 5.74) is 5.58. The summed E-state index contributed by atoms with van der Waals surface area (Å²) in [5.74, 6) is 0. The molecule has 0 amide bonds. The molecule has 0 bridgehead atoms. The van der Waals surface area contributed by atoms with Crippen LogP contribution in [0.3, 0.4) is 0 Å². The molecule has 3 nitrogen and oxygen atoms in total. The summed E-state index contributed by atoms with van der Waals surface area (Å²) in [7, 11) is 0. The van der Waals surface area contributed by atoms with Gasteiger partial charge in [0.05, 0.1) is 6.10 Å². The lowest BCUT2D eigenvalue weighted by molar-refractivity contribution is -0.161. The van der Waals surface area contributed by atoms with E-state index in [0.29, 0.717) is 6.42 Å². The molecule has 1 rings (SSSR count). The fraction of sp³-hybridized carbons (Fsp3) is 1.00. The Balaban J connectivity index is 2.34. The van der Waals surface area contributed by atoms with Crippen molar-refractivity contribution in [2.45, 2.75) is 38.2 Å². The molecule has 0 radical (unpaired) electrons. The van der Waals surface area contributed by atoms with Crippen molar-refractivity contribution >= 4 is 0 Å². The van der Waals surface area contributed by atoms with Crippen molar-refractivity contribution in [3.63, 3.8) is 0 Å². The molecule has 0 aromatic heterocycles. The second kappa shape index (κ2) is 2.64. The quantitative estimate of drug-likeness (QED) is 0.480. The normalized spacial score (nSPS) is 45.0. The Bertz CT molecular complexity index is 72.0. The first-order valence-electron chi connectivity index (χ1n) is 3.27. The van der Waals surface area contributed by atoms with Crippen LogP contribution in [-0.4, -0.2) is 23.5 Å². The summed E-state index contributed by atoms with van der Waals surface area (Å²) in [6, 6.07) is 0.115. The Hall–Kier alpha value is -0.120. The first kappa shape index (κ1) is 6.99. The van der Waals surface area contributed by atoms with Gasteiger partial charge in [0.1, 0.15) is 0 Å². The molecular formula is C6H13NO2. The third-order valence-corrected chi connectivity index (χ3v) is 1.53. The molecule has 1 saturated heterocycles. The van der Waals surface area contributed by atoms with Crippen molar-refractivity contribution in [3.8, 4) is 0 Å². The van der Waals surface area contributed by atoms with Crippen molar-refractivity contribution in [1.29, 1.82) is 0 Å². The molecule has 0 aromatic carbocycles. The van der Waals surface area contributed by atoms with Crippen LogP contribution in [0, 0.1) is 0 Å². The first-order valence-corrected chi connectivity index (χ1v) is 3.27. The van der Waals surface area contributed by atoms with Gasteiger partial charge < -0.3 is 15.6 Å². The molecule has 2 unspecified atom stereocenters. The molecule has 1 aliphatic rings. The Morgan fingerprint density at radius 1 is 1.56 bits per heavy atom. The average molecular weight is 131 g/mol. The Kier molecular flexibility index (Phi) is 2.05. The van der Waals surface area contributed by atoms with Crippen LogP contribution in [0.15, 0.2) is 0 Å². The predicted molar refractivity (Wildman–Crippen MR) is 33.8 cm³/mol. The van der Waals surface area contributed by atoms with Crippen molar-refractivity contribution in [1.82, 2.24) is 0 Å². The summed E-state index contributed by atoms with van der Waals surface area (Å²) in [6.45, 7) is 1.92. The number of hydrogen-bond donors (Lipinski definition) is 2. The van der Waals surface area contributed by atoms with E-state index < -0.39 is 6.29 Å². The van der Waals surface area contributed by atoms with Crippen LogP contribution in [0.2, 0.25) is 0 Å². The molecule has 0 aliphatic carbocycles. The second-order valence-corrected chi connectivity index (χ2v) is 2.63. The Labute approximate surface area is 54.8 Å². The molecule has 0 aromatic rings. The highest BCUT2D eigenvalue weighted by molar-refractivity contribution is 4.72. The maximum atomic E-state index is 8.95. The molecule has 0 spiro atoms. The van der Waals surface area contributed by atoms with E-state index in [0.717, 1.165) is 6.42 Å². The van der Waals surface area contributed by atoms with Gasteiger partial charge in [0.25, 0.3) is 0 Å². The second-order valence-electron chi connectivity index (χ2n) is 2.63. The number of hydrogen-bond acceptors (Lipinski definition) is 3. The zero-order valence-corrected chi connectivity index (χ0v) is 5.58. The fourth-order valence-electron chi connectivity index (χ4n) is 1.16. The van der Waals surface area contributed by atoms with Gasteiger partial charge in [-0.25, -0.2) is 0 Å². The molecular weight excluding hydrogens is 118 g/mol. The molecule has 1 aliphatic heterocycles. The number of rotatable bonds is 0. The molecule has 3 heteroatoms. The smallest absolute Gasteiger partial charge is 0.156 e. The average Bonchev–Trinajstić information content (AvgIpc) is 1.59. The van der Waals surface area contributed by atoms with Gasteiger partial charge in [-0.3, -0.25) is 0 Å². The number of ether oxygens (including phenoxy) is 1. The highest BCUT2D eigenvalue weighted by Gasteiger charge is 2.22. The minimum absolute atomic E-state index is 0.115. The minimum atomic E-state index is -0.635. The van der Waals surface area contributed by atoms with Gasteiger partial charge >= 0.3 is 0 Å². The van der Waals surface area contributed by atoms with Gasteiger partial charge in [-0.1, -0.05) is 0 Å². The zero-order valence-electron chi connectivity index (χ0n) is 5.58. The maximum Gasteiger partial charge on any atom is 0.156 e. The topological polar surface area (TPSA) is 55.5 Å². The lowest BCUT2D eigenvalue weighted by atomic mass is 10.0. The van der Waals surface area contributed by atoms with E-state index in [9.17, 15) is 0 Å². The van der Waals surface area contributed by atoms with E-state index in [-0.39, 0.29) is 12.1 Å². The summed E-state index contributed by atoms with van der Waals surface area (Å²) < 4.78 is 5.03. The molecule has 1 fully saturated rings. The highest BCUT2D eigenvalue weighted by Crippen LogP contribution is 2.15. The van der Waals surface area contributed by atoms with Crippen LogP contribution in [0.5, 0.6) is 0 Å². The van der Waals surface area contributed by atoms with E-state index >= 15 is 0 Å². The fourth-order valence-corrected chi connectivity index (χ4v) is 1.16. The van der Waals surface area contributed by atoms with Crippen LogP contribution in [-0.2, 0) is 4.74 Å². The Morgan fingerprint density at radius 2 is 2.22 bits per heavy atom. The first-order chi connectivity index (χ1) is 4.18. The monoisotopic (exact) mass is 131 g/mol. The van der Waals surface area contributed by atoms with Gasteiger partial charge in [-0.2, -0.15) is 0 Å². The van der Waals surface area contributed by atoms with E-state index in [1.807, 2.05) is 6.92 Å². The third kappa shape index (κ3) is 1.93. The lowest BCUT2D eigenvalue weighted by Gasteiger charge is -2.28. The summed E-state index contributed by atoms with van der Waals surface area (Å²) >= 11 is 0. The number of aliphatic hydroxyl groups excluding tert-OH is 1. The van der Waals surface area contributed by atoms with E-state index in [4.69, 9.17) is 15.6 Å². The van der Waals surface area contributed by atoms with Crippen molar-refractivity contribution in [2.24, 2.45) is 5.73 Å². The zero-order chi connectivity index (χ0) is 6.85. The van der Waals surface area contributed by atoms with E-state index in [2.05, 4.69) is 0 Å². The van der Waals surface area contributed by atoms with Crippen molar-refractivity contribution in [2.75, 3.05) is 0 Å². The number of nitrogens with two attached hydrogens (primary N) is 1. The highest BCUT2D eigenvalue weighted by atomic mass is 16.6. The maximum absolute atomic E-state index is 8.95. The van der Waals surface area contributed by atoms with Crippen molar-refractivity contribution in [3.05, 3.63) is 0 Å². The van der Waals surface area contributed by atoms with Gasteiger partial charge in [0.15, 0.2) is 6.29 Å². The minimum Gasteiger partial charge on any atom is -0.368 e. The van der Waals surface area contributed by atoms with Gasteiger partial charge in [-0.05, 0) is 13.3 Å². The van der Waals surface area contributed by atoms with Crippen LogP contribution in [0.1, 0.15) is 19.8 Å². The molecule has 3 N–H and O–H groups in total.